The highest BCUT2D eigenvalue weighted by Crippen LogP contribution is 2.40. The monoisotopic (exact) mass is 540 g/mol. The fourth-order valence-corrected chi connectivity index (χ4v) is 6.26. The summed E-state index contributed by atoms with van der Waals surface area (Å²) >= 11 is 0. The number of rotatable bonds is 15. The molecule has 3 unspecified atom stereocenters. The number of hydrogen-bond donors (Lipinski definition) is 0. The predicted octanol–water partition coefficient (Wildman–Crippen LogP) is 8.96. The van der Waals surface area contributed by atoms with Crippen molar-refractivity contribution in [1.82, 2.24) is 0 Å². The zero-order valence-corrected chi connectivity index (χ0v) is 26.5. The molecule has 0 radical (unpaired) electrons. The Labute approximate surface area is 239 Å². The number of hydrogen-bond acceptors (Lipinski definition) is 4. The van der Waals surface area contributed by atoms with Crippen LogP contribution in [0.15, 0.2) is 6.07 Å². The summed E-state index contributed by atoms with van der Waals surface area (Å²) in [5.74, 6) is 0.967. The van der Waals surface area contributed by atoms with Gasteiger partial charge in [-0.1, -0.05) is 80.2 Å². The van der Waals surface area contributed by atoms with Crippen molar-refractivity contribution >= 4 is 23.1 Å². The zero-order valence-electron chi connectivity index (χ0n) is 26.5. The Kier molecular flexibility index (Phi) is 15.7. The maximum absolute atomic E-state index is 13.6. The predicted molar refractivity (Wildman–Crippen MR) is 163 cm³/mol. The summed E-state index contributed by atoms with van der Waals surface area (Å²) in [6.07, 6.45) is 9.03. The second-order valence-corrected chi connectivity index (χ2v) is 12.1. The smallest absolute Gasteiger partial charge is 0.163 e. The van der Waals surface area contributed by atoms with Crippen LogP contribution in [0.2, 0.25) is 0 Å². The third-order valence-corrected chi connectivity index (χ3v) is 8.04. The lowest BCUT2D eigenvalue weighted by atomic mass is 9.70. The van der Waals surface area contributed by atoms with Gasteiger partial charge in [0.25, 0.3) is 0 Å². The number of carbonyl (C=O) groups is 4. The lowest BCUT2D eigenvalue weighted by molar-refractivity contribution is -0.130. The van der Waals surface area contributed by atoms with E-state index in [1.54, 1.807) is 0 Å². The highest BCUT2D eigenvalue weighted by molar-refractivity contribution is 6.01. The van der Waals surface area contributed by atoms with Crippen LogP contribution in [0.3, 0.4) is 0 Å². The van der Waals surface area contributed by atoms with Crippen molar-refractivity contribution in [2.75, 3.05) is 0 Å². The Morgan fingerprint density at radius 3 is 2.15 bits per heavy atom. The molecule has 0 spiro atoms. The molecule has 1 aromatic carbocycles. The average molecular weight is 541 g/mol. The number of unbranched alkanes of at least 4 members (excludes halogenated alkanes) is 1. The lowest BCUT2D eigenvalue weighted by Crippen LogP contribution is -2.30. The molecule has 0 fully saturated rings. The first-order chi connectivity index (χ1) is 18.4. The zero-order chi connectivity index (χ0) is 29.7. The van der Waals surface area contributed by atoms with E-state index >= 15 is 0 Å². The van der Waals surface area contributed by atoms with E-state index in [4.69, 9.17) is 0 Å². The summed E-state index contributed by atoms with van der Waals surface area (Å²) in [4.78, 5) is 50.6. The van der Waals surface area contributed by atoms with Crippen molar-refractivity contribution in [2.24, 2.45) is 17.8 Å². The Bertz CT molecular complexity index is 971. The van der Waals surface area contributed by atoms with E-state index in [-0.39, 0.29) is 53.2 Å². The van der Waals surface area contributed by atoms with Gasteiger partial charge in [0.15, 0.2) is 5.78 Å². The molecular formula is C35H56O4. The Balaban J connectivity index is 0.00000242. The Hall–Kier alpha value is -2.10. The third kappa shape index (κ3) is 10.4. The van der Waals surface area contributed by atoms with Crippen LogP contribution in [0.1, 0.15) is 158 Å². The van der Waals surface area contributed by atoms with E-state index in [1.165, 1.54) is 18.9 Å². The van der Waals surface area contributed by atoms with Gasteiger partial charge in [0.1, 0.15) is 17.3 Å². The van der Waals surface area contributed by atoms with E-state index in [2.05, 4.69) is 47.6 Å². The van der Waals surface area contributed by atoms with Crippen LogP contribution in [0.25, 0.3) is 0 Å². The van der Waals surface area contributed by atoms with Crippen LogP contribution in [-0.2, 0) is 27.2 Å². The number of Topliss-reactive ketones (excluding diaryl/α,β-unsaturated/α-hetero) is 4. The molecule has 4 heteroatoms. The second-order valence-electron chi connectivity index (χ2n) is 12.1. The van der Waals surface area contributed by atoms with E-state index in [9.17, 15) is 19.2 Å². The molecule has 0 heterocycles. The maximum atomic E-state index is 13.6. The summed E-state index contributed by atoms with van der Waals surface area (Å²) in [5.41, 5.74) is 5.19. The molecule has 0 bridgehead atoms. The first-order valence-corrected chi connectivity index (χ1v) is 15.7. The van der Waals surface area contributed by atoms with Crippen LogP contribution in [-0.4, -0.2) is 23.1 Å². The summed E-state index contributed by atoms with van der Waals surface area (Å²) in [7, 11) is 0. The fraction of sp³-hybridized carbons (Fsp3) is 0.714. The van der Waals surface area contributed by atoms with E-state index < -0.39 is 0 Å². The molecule has 0 saturated heterocycles. The van der Waals surface area contributed by atoms with Gasteiger partial charge >= 0.3 is 0 Å². The van der Waals surface area contributed by atoms with Crippen molar-refractivity contribution in [1.29, 1.82) is 0 Å². The minimum Gasteiger partial charge on any atom is -0.300 e. The third-order valence-electron chi connectivity index (χ3n) is 8.04. The molecule has 1 aromatic rings. The van der Waals surface area contributed by atoms with Gasteiger partial charge in [0, 0.05) is 30.7 Å². The molecule has 39 heavy (non-hydrogen) atoms. The molecule has 220 valence electrons. The molecule has 4 nitrogen and oxygen atoms in total. The van der Waals surface area contributed by atoms with Crippen molar-refractivity contribution < 1.29 is 19.2 Å². The highest BCUT2D eigenvalue weighted by Gasteiger charge is 2.34. The minimum absolute atomic E-state index is 0.0155. The fourth-order valence-electron chi connectivity index (χ4n) is 6.26. The van der Waals surface area contributed by atoms with Crippen LogP contribution in [0.4, 0.5) is 0 Å². The average Bonchev–Trinajstić information content (AvgIpc) is 2.84. The molecule has 0 N–H and O–H groups in total. The normalized spacial score (nSPS) is 16.3. The number of ketones is 4. The quantitative estimate of drug-likeness (QED) is 0.208. The Morgan fingerprint density at radius 1 is 1.00 bits per heavy atom. The first kappa shape index (κ1) is 34.9. The van der Waals surface area contributed by atoms with Gasteiger partial charge in [0.2, 0.25) is 0 Å². The molecule has 0 amide bonds. The largest absolute Gasteiger partial charge is 0.300 e. The van der Waals surface area contributed by atoms with Gasteiger partial charge in [-0.15, -0.1) is 0 Å². The van der Waals surface area contributed by atoms with E-state index in [0.717, 1.165) is 67.2 Å². The first-order valence-electron chi connectivity index (χ1n) is 15.7. The molecule has 2 rings (SSSR count). The van der Waals surface area contributed by atoms with Gasteiger partial charge < -0.3 is 0 Å². The lowest BCUT2D eigenvalue weighted by Gasteiger charge is -2.33. The van der Waals surface area contributed by atoms with Crippen molar-refractivity contribution in [2.45, 2.75) is 145 Å². The number of carbonyl (C=O) groups excluding carboxylic acids is 4. The molecule has 0 aromatic heterocycles. The standard InChI is InChI=1S/C32H48O4.C3H8/c1-8-11-13-26(34)18-25-19-28(20(4)5)29-16-23(17-31(36)32(29)22(25)7)15-24(12-9-2)27(10-3)30(35)14-21(6)33;1-3-2/h19-20,23-24,27H,8-18H2,1-7H3;3H2,1-2H3. The number of benzene rings is 1. The van der Waals surface area contributed by atoms with Gasteiger partial charge in [-0.25, -0.2) is 0 Å². The molecule has 3 atom stereocenters. The maximum Gasteiger partial charge on any atom is 0.163 e. The second kappa shape index (κ2) is 17.6. The summed E-state index contributed by atoms with van der Waals surface area (Å²) < 4.78 is 0. The van der Waals surface area contributed by atoms with Gasteiger partial charge in [-0.3, -0.25) is 19.2 Å². The van der Waals surface area contributed by atoms with E-state index in [1.807, 2.05) is 13.8 Å². The van der Waals surface area contributed by atoms with Crippen molar-refractivity contribution in [3.8, 4) is 0 Å². The van der Waals surface area contributed by atoms with E-state index in [0.29, 0.717) is 19.3 Å². The van der Waals surface area contributed by atoms with Gasteiger partial charge in [-0.05, 0) is 79.5 Å². The molecule has 0 saturated carbocycles. The summed E-state index contributed by atoms with van der Waals surface area (Å²) in [6.45, 7) is 18.3. The number of fused-ring (bicyclic) bond motifs is 1. The molecule has 0 aliphatic heterocycles. The highest BCUT2D eigenvalue weighted by atomic mass is 16.1. The van der Waals surface area contributed by atoms with Gasteiger partial charge in [-0.2, -0.15) is 0 Å². The molecular weight excluding hydrogens is 484 g/mol. The van der Waals surface area contributed by atoms with Crippen LogP contribution in [0, 0.1) is 24.7 Å². The summed E-state index contributed by atoms with van der Waals surface area (Å²) in [6, 6.07) is 2.19. The SMILES string of the molecule is CCC.CCCCC(=O)Cc1cc(C(C)C)c2c(c1C)C(=O)CC(CC(CCC)C(CC)C(=O)CC(C)=O)C2. The van der Waals surface area contributed by atoms with Crippen molar-refractivity contribution in [3.05, 3.63) is 33.9 Å². The van der Waals surface area contributed by atoms with Crippen LogP contribution in [0.5, 0.6) is 0 Å². The van der Waals surface area contributed by atoms with Crippen LogP contribution >= 0.6 is 0 Å². The van der Waals surface area contributed by atoms with Crippen LogP contribution < -0.4 is 0 Å². The minimum atomic E-state index is -0.117. The summed E-state index contributed by atoms with van der Waals surface area (Å²) in [5, 5.41) is 0. The Morgan fingerprint density at radius 2 is 1.64 bits per heavy atom. The topological polar surface area (TPSA) is 68.3 Å². The van der Waals surface area contributed by atoms with Crippen molar-refractivity contribution in [3.63, 3.8) is 0 Å². The van der Waals surface area contributed by atoms with Gasteiger partial charge in [0.05, 0.1) is 6.42 Å². The molecule has 1 aliphatic carbocycles. The molecule has 1 aliphatic rings.